The van der Waals surface area contributed by atoms with Crippen LogP contribution in [-0.4, -0.2) is 11.7 Å². The minimum Gasteiger partial charge on any atom is -0.392 e. The highest BCUT2D eigenvalue weighted by molar-refractivity contribution is 5.03. The normalized spacial score (nSPS) is 12.7. The maximum absolute atomic E-state index is 8.75. The molecule has 0 unspecified atom stereocenters. The summed E-state index contributed by atoms with van der Waals surface area (Å²) in [6.07, 6.45) is 13.7. The monoisotopic (exact) mass is 250 g/mol. The molecular formula is C17H30O. The average Bonchev–Trinajstić information content (AvgIpc) is 2.28. The highest BCUT2D eigenvalue weighted by atomic mass is 16.2. The van der Waals surface area contributed by atoms with E-state index in [2.05, 4.69) is 39.8 Å². The van der Waals surface area contributed by atoms with Crippen LogP contribution in [0.15, 0.2) is 34.9 Å². The average molecular weight is 250 g/mol. The lowest BCUT2D eigenvalue weighted by molar-refractivity contribution is 0.341. The van der Waals surface area contributed by atoms with Crippen molar-refractivity contribution in [1.29, 1.82) is 0 Å². The van der Waals surface area contributed by atoms with Gasteiger partial charge in [-0.3, -0.25) is 0 Å². The van der Waals surface area contributed by atoms with Crippen molar-refractivity contribution in [2.45, 2.75) is 66.2 Å². The Hall–Kier alpha value is -0.820. The van der Waals surface area contributed by atoms with Crippen LogP contribution in [-0.2, 0) is 0 Å². The van der Waals surface area contributed by atoms with Crippen LogP contribution in [0.1, 0.15) is 66.2 Å². The molecule has 18 heavy (non-hydrogen) atoms. The van der Waals surface area contributed by atoms with Gasteiger partial charge >= 0.3 is 0 Å². The first kappa shape index (κ1) is 17.2. The molecule has 0 aromatic rings. The molecule has 0 aliphatic rings. The lowest BCUT2D eigenvalue weighted by atomic mass is 10.0. The number of hydrogen-bond acceptors (Lipinski definition) is 1. The van der Waals surface area contributed by atoms with Crippen molar-refractivity contribution < 1.29 is 5.11 Å². The van der Waals surface area contributed by atoms with Gasteiger partial charge in [0.05, 0.1) is 6.61 Å². The first-order valence-electron chi connectivity index (χ1n) is 7.11. The zero-order valence-corrected chi connectivity index (χ0v) is 12.6. The van der Waals surface area contributed by atoms with E-state index in [1.54, 1.807) is 0 Å². The first-order valence-corrected chi connectivity index (χ1v) is 7.11. The van der Waals surface area contributed by atoms with Crippen molar-refractivity contribution in [2.24, 2.45) is 0 Å². The van der Waals surface area contributed by atoms with Crippen LogP contribution >= 0.6 is 0 Å². The Kier molecular flexibility index (Phi) is 10.8. The van der Waals surface area contributed by atoms with Gasteiger partial charge in [-0.1, -0.05) is 34.9 Å². The molecule has 1 N–H and O–H groups in total. The molecule has 0 fully saturated rings. The Labute approximate surface area is 113 Å². The minimum absolute atomic E-state index is 0.166. The van der Waals surface area contributed by atoms with Gasteiger partial charge in [0.1, 0.15) is 0 Å². The number of rotatable bonds is 9. The van der Waals surface area contributed by atoms with Gasteiger partial charge in [-0.25, -0.2) is 0 Å². The Morgan fingerprint density at radius 2 is 1.44 bits per heavy atom. The molecule has 0 atom stereocenters. The molecule has 0 spiro atoms. The molecule has 0 aromatic carbocycles. The van der Waals surface area contributed by atoms with Gasteiger partial charge < -0.3 is 5.11 Å². The van der Waals surface area contributed by atoms with Crippen molar-refractivity contribution in [3.63, 3.8) is 0 Å². The van der Waals surface area contributed by atoms with Crippen LogP contribution in [0.25, 0.3) is 0 Å². The van der Waals surface area contributed by atoms with Crippen LogP contribution in [0, 0.1) is 0 Å². The fraction of sp³-hybridized carbons (Fsp3) is 0.647. The molecule has 0 rings (SSSR count). The van der Waals surface area contributed by atoms with Crippen LogP contribution in [0.4, 0.5) is 0 Å². The summed E-state index contributed by atoms with van der Waals surface area (Å²) in [5, 5.41) is 8.75. The van der Waals surface area contributed by atoms with Crippen LogP contribution in [0.5, 0.6) is 0 Å². The molecular weight excluding hydrogens is 220 g/mol. The SMILES string of the molecule is CC(C)=CCCCC/C(C)=C/CC/C(C)=C/CO. The molecule has 104 valence electrons. The van der Waals surface area contributed by atoms with Crippen LogP contribution in [0.3, 0.4) is 0 Å². The fourth-order valence-corrected chi connectivity index (χ4v) is 1.85. The van der Waals surface area contributed by atoms with Gasteiger partial charge in [-0.15, -0.1) is 0 Å². The van der Waals surface area contributed by atoms with Gasteiger partial charge in [0.15, 0.2) is 0 Å². The summed E-state index contributed by atoms with van der Waals surface area (Å²) in [7, 11) is 0. The highest BCUT2D eigenvalue weighted by Crippen LogP contribution is 2.12. The van der Waals surface area contributed by atoms with Crippen molar-refractivity contribution in [3.8, 4) is 0 Å². The summed E-state index contributed by atoms with van der Waals surface area (Å²) in [4.78, 5) is 0. The van der Waals surface area contributed by atoms with Gasteiger partial charge in [0.2, 0.25) is 0 Å². The molecule has 1 heteroatoms. The smallest absolute Gasteiger partial charge is 0.0614 e. The number of allylic oxidation sites excluding steroid dienone is 5. The number of aliphatic hydroxyl groups excluding tert-OH is 1. The molecule has 0 radical (unpaired) electrons. The molecule has 0 saturated carbocycles. The summed E-state index contributed by atoms with van der Waals surface area (Å²) < 4.78 is 0. The van der Waals surface area contributed by atoms with E-state index in [0.29, 0.717) is 0 Å². The van der Waals surface area contributed by atoms with Crippen LogP contribution in [0.2, 0.25) is 0 Å². The third kappa shape index (κ3) is 11.7. The predicted octanol–water partition coefficient (Wildman–Crippen LogP) is 5.18. The molecule has 0 aliphatic carbocycles. The highest BCUT2D eigenvalue weighted by Gasteiger charge is 1.92. The molecule has 0 aliphatic heterocycles. The summed E-state index contributed by atoms with van der Waals surface area (Å²) in [5.74, 6) is 0. The van der Waals surface area contributed by atoms with E-state index in [1.165, 1.54) is 42.4 Å². The van der Waals surface area contributed by atoms with E-state index in [9.17, 15) is 0 Å². The minimum atomic E-state index is 0.166. The van der Waals surface area contributed by atoms with Crippen molar-refractivity contribution >= 4 is 0 Å². The molecule has 0 heterocycles. The Morgan fingerprint density at radius 3 is 2.06 bits per heavy atom. The Bertz CT molecular complexity index is 291. The van der Waals surface area contributed by atoms with Gasteiger partial charge in [-0.2, -0.15) is 0 Å². The second kappa shape index (κ2) is 11.3. The summed E-state index contributed by atoms with van der Waals surface area (Å²) in [5.41, 5.74) is 4.21. The quantitative estimate of drug-likeness (QED) is 0.441. The van der Waals surface area contributed by atoms with E-state index < -0.39 is 0 Å². The van der Waals surface area contributed by atoms with Gasteiger partial charge in [-0.05, 0) is 66.2 Å². The molecule has 0 bridgehead atoms. The zero-order chi connectivity index (χ0) is 13.8. The van der Waals surface area contributed by atoms with Gasteiger partial charge in [0.25, 0.3) is 0 Å². The summed E-state index contributed by atoms with van der Waals surface area (Å²) >= 11 is 0. The third-order valence-corrected chi connectivity index (χ3v) is 3.05. The summed E-state index contributed by atoms with van der Waals surface area (Å²) in [6.45, 7) is 8.80. The van der Waals surface area contributed by atoms with E-state index in [1.807, 2.05) is 6.08 Å². The molecule has 0 amide bonds. The van der Waals surface area contributed by atoms with E-state index in [4.69, 9.17) is 5.11 Å². The maximum Gasteiger partial charge on any atom is 0.0614 e. The van der Waals surface area contributed by atoms with E-state index in [0.717, 1.165) is 12.8 Å². The topological polar surface area (TPSA) is 20.2 Å². The van der Waals surface area contributed by atoms with Crippen molar-refractivity contribution in [2.75, 3.05) is 6.61 Å². The number of unbranched alkanes of at least 4 members (excludes halogenated alkanes) is 2. The van der Waals surface area contributed by atoms with Crippen molar-refractivity contribution in [3.05, 3.63) is 34.9 Å². The second-order valence-corrected chi connectivity index (χ2v) is 5.35. The van der Waals surface area contributed by atoms with Crippen LogP contribution < -0.4 is 0 Å². The molecule has 0 saturated heterocycles. The van der Waals surface area contributed by atoms with Crippen molar-refractivity contribution in [1.82, 2.24) is 0 Å². The maximum atomic E-state index is 8.75. The number of aliphatic hydroxyl groups is 1. The standard InChI is InChI=1S/C17H30O/c1-15(2)9-6-5-7-10-16(3)11-8-12-17(4)13-14-18/h9,11,13,18H,5-8,10,12,14H2,1-4H3/b16-11+,17-13+. The van der Waals surface area contributed by atoms with E-state index in [-0.39, 0.29) is 6.61 Å². The predicted molar refractivity (Wildman–Crippen MR) is 81.7 cm³/mol. The number of hydrogen-bond donors (Lipinski definition) is 1. The molecule has 1 nitrogen and oxygen atoms in total. The Morgan fingerprint density at radius 1 is 0.778 bits per heavy atom. The fourth-order valence-electron chi connectivity index (χ4n) is 1.85. The second-order valence-electron chi connectivity index (χ2n) is 5.35. The first-order chi connectivity index (χ1) is 8.56. The third-order valence-electron chi connectivity index (χ3n) is 3.05. The molecule has 0 aromatic heterocycles. The zero-order valence-electron chi connectivity index (χ0n) is 12.6. The summed E-state index contributed by atoms with van der Waals surface area (Å²) in [6, 6.07) is 0. The van der Waals surface area contributed by atoms with E-state index >= 15 is 0 Å². The van der Waals surface area contributed by atoms with Gasteiger partial charge in [0, 0.05) is 0 Å². The Balaban J connectivity index is 3.66. The lowest BCUT2D eigenvalue weighted by Crippen LogP contribution is -1.83. The largest absolute Gasteiger partial charge is 0.392 e. The lowest BCUT2D eigenvalue weighted by Gasteiger charge is -2.02.